The Hall–Kier alpha value is -1.55. The van der Waals surface area contributed by atoms with Gasteiger partial charge in [0, 0.05) is 12.0 Å². The molecule has 1 atom stereocenters. The van der Waals surface area contributed by atoms with E-state index in [0.29, 0.717) is 18.8 Å². The SMILES string of the molecule is COC(=O)C1(N)CCOc2cc(C)cc(C)c21. The van der Waals surface area contributed by atoms with Crippen molar-refractivity contribution < 1.29 is 14.3 Å². The minimum atomic E-state index is -1.08. The maximum atomic E-state index is 11.9. The van der Waals surface area contributed by atoms with Crippen molar-refractivity contribution in [3.63, 3.8) is 0 Å². The van der Waals surface area contributed by atoms with E-state index in [0.717, 1.165) is 16.7 Å². The van der Waals surface area contributed by atoms with E-state index in [4.69, 9.17) is 15.2 Å². The van der Waals surface area contributed by atoms with E-state index in [1.54, 1.807) is 0 Å². The van der Waals surface area contributed by atoms with Crippen molar-refractivity contribution >= 4 is 5.97 Å². The second-order valence-electron chi connectivity index (χ2n) is 4.52. The van der Waals surface area contributed by atoms with Crippen molar-refractivity contribution in [1.29, 1.82) is 0 Å². The summed E-state index contributed by atoms with van der Waals surface area (Å²) in [6.45, 7) is 4.36. The van der Waals surface area contributed by atoms with Crippen LogP contribution in [-0.4, -0.2) is 19.7 Å². The molecule has 0 aromatic heterocycles. The summed E-state index contributed by atoms with van der Waals surface area (Å²) in [5.41, 5.74) is 7.95. The monoisotopic (exact) mass is 235 g/mol. The number of hydrogen-bond acceptors (Lipinski definition) is 4. The number of aryl methyl sites for hydroxylation is 2. The smallest absolute Gasteiger partial charge is 0.330 e. The van der Waals surface area contributed by atoms with Crippen LogP contribution in [0.5, 0.6) is 5.75 Å². The molecule has 4 nitrogen and oxygen atoms in total. The summed E-state index contributed by atoms with van der Waals surface area (Å²) in [7, 11) is 1.36. The summed E-state index contributed by atoms with van der Waals surface area (Å²) < 4.78 is 10.4. The predicted molar refractivity (Wildman–Crippen MR) is 63.9 cm³/mol. The third kappa shape index (κ3) is 1.78. The van der Waals surface area contributed by atoms with Crippen LogP contribution in [0.1, 0.15) is 23.1 Å². The molecule has 0 radical (unpaired) electrons. The van der Waals surface area contributed by atoms with Crippen LogP contribution in [0.25, 0.3) is 0 Å². The molecular weight excluding hydrogens is 218 g/mol. The highest BCUT2D eigenvalue weighted by Gasteiger charge is 2.43. The van der Waals surface area contributed by atoms with Gasteiger partial charge in [-0.05, 0) is 31.0 Å². The molecule has 0 amide bonds. The lowest BCUT2D eigenvalue weighted by molar-refractivity contribution is -0.148. The minimum Gasteiger partial charge on any atom is -0.493 e. The van der Waals surface area contributed by atoms with Gasteiger partial charge in [0.25, 0.3) is 0 Å². The highest BCUT2D eigenvalue weighted by Crippen LogP contribution is 2.39. The van der Waals surface area contributed by atoms with Crippen LogP contribution in [0.15, 0.2) is 12.1 Å². The standard InChI is InChI=1S/C13H17NO3/c1-8-6-9(2)11-10(7-8)17-5-4-13(11,14)12(15)16-3/h6-7H,4-5,14H2,1-3H3. The molecule has 1 aromatic rings. The number of carbonyl (C=O) groups excluding carboxylic acids is 1. The predicted octanol–water partition coefficient (Wildman–Crippen LogP) is 1.41. The molecule has 1 aliphatic rings. The normalized spacial score (nSPS) is 22.6. The molecule has 17 heavy (non-hydrogen) atoms. The quantitative estimate of drug-likeness (QED) is 0.748. The molecule has 0 spiro atoms. The van der Waals surface area contributed by atoms with Gasteiger partial charge in [-0.15, -0.1) is 0 Å². The number of hydrogen-bond donors (Lipinski definition) is 1. The molecule has 2 N–H and O–H groups in total. The van der Waals surface area contributed by atoms with Crippen LogP contribution < -0.4 is 10.5 Å². The van der Waals surface area contributed by atoms with E-state index in [9.17, 15) is 4.79 Å². The van der Waals surface area contributed by atoms with Crippen LogP contribution in [0.3, 0.4) is 0 Å². The first kappa shape index (κ1) is 11.9. The molecule has 1 heterocycles. The Morgan fingerprint density at radius 3 is 2.82 bits per heavy atom. The molecule has 0 saturated heterocycles. The Labute approximate surface area is 101 Å². The zero-order valence-corrected chi connectivity index (χ0v) is 10.4. The highest BCUT2D eigenvalue weighted by atomic mass is 16.5. The van der Waals surface area contributed by atoms with Gasteiger partial charge in [-0.2, -0.15) is 0 Å². The van der Waals surface area contributed by atoms with Gasteiger partial charge in [-0.25, -0.2) is 4.79 Å². The molecule has 0 saturated carbocycles. The molecule has 1 aliphatic heterocycles. The fourth-order valence-corrected chi connectivity index (χ4v) is 2.45. The Morgan fingerprint density at radius 1 is 1.47 bits per heavy atom. The van der Waals surface area contributed by atoms with Crippen LogP contribution in [-0.2, 0) is 15.1 Å². The van der Waals surface area contributed by atoms with E-state index in [-0.39, 0.29) is 0 Å². The minimum absolute atomic E-state index is 0.408. The van der Waals surface area contributed by atoms with E-state index in [2.05, 4.69) is 0 Å². The first-order valence-corrected chi connectivity index (χ1v) is 5.61. The van der Waals surface area contributed by atoms with Crippen LogP contribution in [0.2, 0.25) is 0 Å². The molecule has 1 aromatic carbocycles. The average Bonchev–Trinajstić information content (AvgIpc) is 2.27. The molecule has 92 valence electrons. The summed E-state index contributed by atoms with van der Waals surface area (Å²) in [4.78, 5) is 11.9. The lowest BCUT2D eigenvalue weighted by atomic mass is 9.82. The van der Waals surface area contributed by atoms with Gasteiger partial charge in [-0.3, -0.25) is 0 Å². The summed E-state index contributed by atoms with van der Waals surface area (Å²) in [5.74, 6) is 0.288. The van der Waals surface area contributed by atoms with E-state index >= 15 is 0 Å². The Balaban J connectivity index is 2.62. The molecular formula is C13H17NO3. The molecule has 4 heteroatoms. The van der Waals surface area contributed by atoms with Crippen molar-refractivity contribution in [1.82, 2.24) is 0 Å². The lowest BCUT2D eigenvalue weighted by Crippen LogP contribution is -2.49. The van der Waals surface area contributed by atoms with Gasteiger partial charge in [0.15, 0.2) is 0 Å². The van der Waals surface area contributed by atoms with E-state index in [1.165, 1.54) is 7.11 Å². The van der Waals surface area contributed by atoms with Crippen LogP contribution in [0.4, 0.5) is 0 Å². The topological polar surface area (TPSA) is 61.5 Å². The molecule has 0 fully saturated rings. The maximum Gasteiger partial charge on any atom is 0.330 e. The van der Waals surface area contributed by atoms with Crippen molar-refractivity contribution in [2.75, 3.05) is 13.7 Å². The number of rotatable bonds is 1. The number of fused-ring (bicyclic) bond motifs is 1. The van der Waals surface area contributed by atoms with Crippen molar-refractivity contribution in [2.24, 2.45) is 5.73 Å². The molecule has 0 bridgehead atoms. The second-order valence-corrected chi connectivity index (χ2v) is 4.52. The number of carbonyl (C=O) groups is 1. The number of benzene rings is 1. The van der Waals surface area contributed by atoms with Gasteiger partial charge in [0.1, 0.15) is 11.3 Å². The van der Waals surface area contributed by atoms with Gasteiger partial charge < -0.3 is 15.2 Å². The van der Waals surface area contributed by atoms with Crippen molar-refractivity contribution in [3.8, 4) is 5.75 Å². The summed E-state index contributed by atoms with van der Waals surface area (Å²) in [6.07, 6.45) is 0.441. The fraction of sp³-hybridized carbons (Fsp3) is 0.462. The largest absolute Gasteiger partial charge is 0.493 e. The van der Waals surface area contributed by atoms with Crippen LogP contribution >= 0.6 is 0 Å². The number of esters is 1. The second kappa shape index (κ2) is 4.04. The zero-order valence-electron chi connectivity index (χ0n) is 10.4. The Kier molecular flexibility index (Phi) is 2.83. The van der Waals surface area contributed by atoms with Gasteiger partial charge >= 0.3 is 5.97 Å². The Morgan fingerprint density at radius 2 is 2.18 bits per heavy atom. The van der Waals surface area contributed by atoms with Gasteiger partial charge in [0.05, 0.1) is 13.7 Å². The van der Waals surface area contributed by atoms with Crippen LogP contribution in [0, 0.1) is 13.8 Å². The summed E-state index contributed by atoms with van der Waals surface area (Å²) in [5, 5.41) is 0. The molecule has 2 rings (SSSR count). The molecule has 1 unspecified atom stereocenters. The van der Waals surface area contributed by atoms with Crippen molar-refractivity contribution in [3.05, 3.63) is 28.8 Å². The maximum absolute atomic E-state index is 11.9. The van der Waals surface area contributed by atoms with E-state index in [1.807, 2.05) is 26.0 Å². The number of methoxy groups -OCH3 is 1. The average molecular weight is 235 g/mol. The summed E-state index contributed by atoms with van der Waals surface area (Å²) >= 11 is 0. The van der Waals surface area contributed by atoms with Crippen molar-refractivity contribution in [2.45, 2.75) is 25.8 Å². The number of ether oxygens (including phenoxy) is 2. The fourth-order valence-electron chi connectivity index (χ4n) is 2.45. The highest BCUT2D eigenvalue weighted by molar-refractivity contribution is 5.84. The van der Waals surface area contributed by atoms with E-state index < -0.39 is 11.5 Å². The first-order valence-electron chi connectivity index (χ1n) is 5.61. The lowest BCUT2D eigenvalue weighted by Gasteiger charge is -2.34. The van der Waals surface area contributed by atoms with Gasteiger partial charge in [-0.1, -0.05) is 6.07 Å². The first-order chi connectivity index (χ1) is 7.99. The summed E-state index contributed by atoms with van der Waals surface area (Å²) in [6, 6.07) is 3.91. The third-order valence-electron chi connectivity index (χ3n) is 3.19. The Bertz CT molecular complexity index is 470. The third-order valence-corrected chi connectivity index (χ3v) is 3.19. The molecule has 0 aliphatic carbocycles. The number of nitrogens with two attached hydrogens (primary N) is 1. The zero-order chi connectivity index (χ0) is 12.6. The van der Waals surface area contributed by atoms with Gasteiger partial charge in [0.2, 0.25) is 0 Å².